The molecular formula is C17H25N3O3. The summed E-state index contributed by atoms with van der Waals surface area (Å²) in [5.41, 5.74) is 4.82. The van der Waals surface area contributed by atoms with Crippen molar-refractivity contribution in [2.75, 3.05) is 33.2 Å². The molecule has 0 radical (unpaired) electrons. The van der Waals surface area contributed by atoms with Crippen LogP contribution in [0.4, 0.5) is 0 Å². The Morgan fingerprint density at radius 3 is 2.30 bits per heavy atom. The number of Topliss-reactive ketones (excluding diaryl/α,β-unsaturated/α-hetero) is 1. The Morgan fingerprint density at radius 2 is 1.78 bits per heavy atom. The van der Waals surface area contributed by atoms with Crippen LogP contribution in [0.15, 0.2) is 24.3 Å². The second-order valence-corrected chi connectivity index (χ2v) is 5.98. The van der Waals surface area contributed by atoms with Crippen LogP contribution in [0, 0.1) is 0 Å². The number of ketones is 1. The lowest BCUT2D eigenvalue weighted by molar-refractivity contribution is -0.137. The number of piperazine rings is 1. The predicted octanol–water partition coefficient (Wildman–Crippen LogP) is 1.03. The van der Waals surface area contributed by atoms with E-state index in [1.807, 2.05) is 24.2 Å². The number of aliphatic carboxylic acids is 1. The number of nitrogens with one attached hydrogen (secondary N) is 1. The summed E-state index contributed by atoms with van der Waals surface area (Å²) in [7, 11) is 2.05. The van der Waals surface area contributed by atoms with Gasteiger partial charge in [0.2, 0.25) is 0 Å². The van der Waals surface area contributed by atoms with Gasteiger partial charge in [0.25, 0.3) is 0 Å². The van der Waals surface area contributed by atoms with E-state index in [0.29, 0.717) is 5.56 Å². The highest BCUT2D eigenvalue weighted by Crippen LogP contribution is 2.11. The fraction of sp³-hybridized carbons (Fsp3) is 0.529. The number of hydrogen-bond acceptors (Lipinski definition) is 5. The first-order valence-electron chi connectivity index (χ1n) is 8.04. The largest absolute Gasteiger partial charge is 0.481 e. The molecule has 1 heterocycles. The molecule has 1 saturated heterocycles. The number of nitrogens with zero attached hydrogens (tertiary/aromatic N) is 2. The molecule has 1 aromatic rings. The third-order valence-corrected chi connectivity index (χ3v) is 4.18. The molecule has 1 fully saturated rings. The van der Waals surface area contributed by atoms with E-state index in [-0.39, 0.29) is 12.2 Å². The number of carboxylic acid groups (broad SMARTS) is 1. The lowest BCUT2D eigenvalue weighted by atomic mass is 10.0. The van der Waals surface area contributed by atoms with Crippen LogP contribution in [0.3, 0.4) is 0 Å². The van der Waals surface area contributed by atoms with E-state index < -0.39 is 12.0 Å². The molecule has 1 aliphatic rings. The highest BCUT2D eigenvalue weighted by Gasteiger charge is 2.26. The Morgan fingerprint density at radius 1 is 1.17 bits per heavy atom. The predicted molar refractivity (Wildman–Crippen MR) is 88.4 cm³/mol. The van der Waals surface area contributed by atoms with Gasteiger partial charge in [-0.05, 0) is 19.0 Å². The Labute approximate surface area is 137 Å². The van der Waals surface area contributed by atoms with Crippen molar-refractivity contribution in [2.24, 2.45) is 0 Å². The maximum Gasteiger partial charge on any atom is 0.305 e. The van der Waals surface area contributed by atoms with Crippen LogP contribution in [0.1, 0.15) is 29.3 Å². The molecule has 0 aliphatic carbocycles. The molecule has 2 N–H and O–H groups in total. The molecule has 1 unspecified atom stereocenters. The topological polar surface area (TPSA) is 72.9 Å². The smallest absolute Gasteiger partial charge is 0.305 e. The number of benzene rings is 1. The Hall–Kier alpha value is -1.76. The van der Waals surface area contributed by atoms with Crippen LogP contribution in [-0.2, 0) is 11.2 Å². The number of rotatable bonds is 7. The van der Waals surface area contributed by atoms with Crippen LogP contribution >= 0.6 is 0 Å². The van der Waals surface area contributed by atoms with Gasteiger partial charge in [0.1, 0.15) is 0 Å². The molecule has 0 saturated carbocycles. The average Bonchev–Trinajstić information content (AvgIpc) is 2.55. The molecule has 23 heavy (non-hydrogen) atoms. The first-order valence-corrected chi connectivity index (χ1v) is 8.04. The van der Waals surface area contributed by atoms with Gasteiger partial charge in [-0.1, -0.05) is 31.2 Å². The van der Waals surface area contributed by atoms with Crippen molar-refractivity contribution in [3.63, 3.8) is 0 Å². The number of carbonyl (C=O) groups is 2. The first kappa shape index (κ1) is 17.6. The second-order valence-electron chi connectivity index (χ2n) is 5.98. The summed E-state index contributed by atoms with van der Waals surface area (Å²) in [5, 5.41) is 11.1. The van der Waals surface area contributed by atoms with Crippen LogP contribution in [0.2, 0.25) is 0 Å². The van der Waals surface area contributed by atoms with E-state index in [9.17, 15) is 9.59 Å². The molecule has 0 amide bonds. The van der Waals surface area contributed by atoms with Gasteiger partial charge < -0.3 is 10.0 Å². The molecule has 6 heteroatoms. The van der Waals surface area contributed by atoms with Gasteiger partial charge in [0.05, 0.1) is 12.5 Å². The fourth-order valence-electron chi connectivity index (χ4n) is 2.63. The van der Waals surface area contributed by atoms with Crippen molar-refractivity contribution < 1.29 is 14.7 Å². The Bertz CT molecular complexity index is 537. The normalized spacial score (nSPS) is 17.8. The number of hydrogen-bond donors (Lipinski definition) is 2. The number of carbonyl (C=O) groups excluding carboxylic acids is 1. The number of likely N-dealkylation sites (N-methyl/N-ethyl adjacent to an activating group) is 1. The van der Waals surface area contributed by atoms with Crippen molar-refractivity contribution in [1.29, 1.82) is 0 Å². The Kier molecular flexibility index (Phi) is 6.27. The van der Waals surface area contributed by atoms with E-state index in [2.05, 4.69) is 17.2 Å². The van der Waals surface area contributed by atoms with Gasteiger partial charge in [-0.25, -0.2) is 10.4 Å². The minimum Gasteiger partial charge on any atom is -0.481 e. The summed E-state index contributed by atoms with van der Waals surface area (Å²) < 4.78 is 0. The maximum absolute atomic E-state index is 12.7. The third-order valence-electron chi connectivity index (χ3n) is 4.18. The SMILES string of the molecule is CCc1ccc(C(=O)C(CC(=O)O)NN2CCN(C)CC2)cc1. The van der Waals surface area contributed by atoms with Gasteiger partial charge in [0.15, 0.2) is 5.78 Å². The lowest BCUT2D eigenvalue weighted by Crippen LogP contribution is -2.56. The van der Waals surface area contributed by atoms with Gasteiger partial charge in [-0.2, -0.15) is 0 Å². The van der Waals surface area contributed by atoms with E-state index in [1.54, 1.807) is 12.1 Å². The summed E-state index contributed by atoms with van der Waals surface area (Å²) >= 11 is 0. The standard InChI is InChI=1S/C17H25N3O3/c1-3-13-4-6-14(7-5-13)17(23)15(12-16(21)22)18-20-10-8-19(2)9-11-20/h4-7,15,18H,3,8-12H2,1-2H3,(H,21,22). The van der Waals surface area contributed by atoms with Gasteiger partial charge in [-0.15, -0.1) is 0 Å². The van der Waals surface area contributed by atoms with Crippen LogP contribution in [0.5, 0.6) is 0 Å². The van der Waals surface area contributed by atoms with Crippen molar-refractivity contribution in [2.45, 2.75) is 25.8 Å². The number of hydrazine groups is 1. The second kappa shape index (κ2) is 8.19. The number of aryl methyl sites for hydroxylation is 1. The zero-order valence-electron chi connectivity index (χ0n) is 13.8. The molecule has 1 aliphatic heterocycles. The molecule has 126 valence electrons. The molecule has 6 nitrogen and oxygen atoms in total. The summed E-state index contributed by atoms with van der Waals surface area (Å²) in [6.07, 6.45) is 0.688. The highest BCUT2D eigenvalue weighted by atomic mass is 16.4. The summed E-state index contributed by atoms with van der Waals surface area (Å²) in [6, 6.07) is 6.66. The molecule has 0 spiro atoms. The van der Waals surface area contributed by atoms with Crippen LogP contribution in [-0.4, -0.2) is 66.0 Å². The van der Waals surface area contributed by atoms with E-state index in [4.69, 9.17) is 5.11 Å². The summed E-state index contributed by atoms with van der Waals surface area (Å²) in [4.78, 5) is 26.0. The molecule has 0 aromatic heterocycles. The molecule has 1 atom stereocenters. The van der Waals surface area contributed by atoms with E-state index in [0.717, 1.165) is 38.2 Å². The van der Waals surface area contributed by atoms with Crippen molar-refractivity contribution >= 4 is 11.8 Å². The van der Waals surface area contributed by atoms with E-state index >= 15 is 0 Å². The summed E-state index contributed by atoms with van der Waals surface area (Å²) in [6.45, 7) is 5.39. The quantitative estimate of drug-likeness (QED) is 0.731. The molecular weight excluding hydrogens is 294 g/mol. The minimum absolute atomic E-state index is 0.172. The maximum atomic E-state index is 12.7. The lowest BCUT2D eigenvalue weighted by Gasteiger charge is -2.34. The average molecular weight is 319 g/mol. The van der Waals surface area contributed by atoms with Crippen molar-refractivity contribution in [3.8, 4) is 0 Å². The summed E-state index contributed by atoms with van der Waals surface area (Å²) in [5.74, 6) is -1.15. The van der Waals surface area contributed by atoms with E-state index in [1.165, 1.54) is 0 Å². The molecule has 0 bridgehead atoms. The fourth-order valence-corrected chi connectivity index (χ4v) is 2.63. The van der Waals surface area contributed by atoms with Crippen LogP contribution in [0.25, 0.3) is 0 Å². The Balaban J connectivity index is 2.06. The van der Waals surface area contributed by atoms with Crippen molar-refractivity contribution in [1.82, 2.24) is 15.3 Å². The number of carboxylic acids is 1. The highest BCUT2D eigenvalue weighted by molar-refractivity contribution is 6.01. The van der Waals surface area contributed by atoms with Crippen LogP contribution < -0.4 is 5.43 Å². The van der Waals surface area contributed by atoms with Gasteiger partial charge in [-0.3, -0.25) is 9.59 Å². The molecule has 1 aromatic carbocycles. The minimum atomic E-state index is -0.977. The van der Waals surface area contributed by atoms with Crippen molar-refractivity contribution in [3.05, 3.63) is 35.4 Å². The van der Waals surface area contributed by atoms with Gasteiger partial charge in [0, 0.05) is 31.7 Å². The monoisotopic (exact) mass is 319 g/mol. The molecule has 2 rings (SSSR count). The zero-order valence-corrected chi connectivity index (χ0v) is 13.8. The first-order chi connectivity index (χ1) is 11.0. The third kappa shape index (κ3) is 5.13. The zero-order chi connectivity index (χ0) is 16.8. The van der Waals surface area contributed by atoms with Gasteiger partial charge >= 0.3 is 5.97 Å².